The number of benzene rings is 6. The second kappa shape index (κ2) is 10.0. The van der Waals surface area contributed by atoms with E-state index in [1.165, 1.54) is 10.8 Å². The third-order valence-corrected chi connectivity index (χ3v) is 9.46. The zero-order valence-corrected chi connectivity index (χ0v) is 25.0. The number of aromatic nitrogens is 1. The molecule has 0 amide bonds. The van der Waals surface area contributed by atoms with Crippen LogP contribution in [0.3, 0.4) is 0 Å². The van der Waals surface area contributed by atoms with Crippen molar-refractivity contribution in [3.8, 4) is 6.07 Å². The maximum absolute atomic E-state index is 9.67. The molecule has 1 fully saturated rings. The van der Waals surface area contributed by atoms with Gasteiger partial charge in [-0.1, -0.05) is 84.5 Å². The summed E-state index contributed by atoms with van der Waals surface area (Å²) in [6, 6.07) is 45.6. The quantitative estimate of drug-likeness (QED) is 0.208. The van der Waals surface area contributed by atoms with E-state index in [0.29, 0.717) is 5.56 Å². The number of hydrogen-bond donors (Lipinski definition) is 2. The van der Waals surface area contributed by atoms with Crippen molar-refractivity contribution < 1.29 is 8.83 Å². The first-order chi connectivity index (χ1) is 23.2. The second-order valence-corrected chi connectivity index (χ2v) is 12.1. The smallest absolute Gasteiger partial charge is 0.178 e. The molecule has 6 aromatic carbocycles. The summed E-state index contributed by atoms with van der Waals surface area (Å²) in [6.45, 7) is 0. The fourth-order valence-electron chi connectivity index (χ4n) is 7.31. The van der Waals surface area contributed by atoms with E-state index in [1.807, 2.05) is 48.5 Å². The molecule has 3 unspecified atom stereocenters. The van der Waals surface area contributed by atoms with Gasteiger partial charge in [-0.2, -0.15) is 5.26 Å². The van der Waals surface area contributed by atoms with Crippen LogP contribution in [0.2, 0.25) is 0 Å². The first-order valence-corrected chi connectivity index (χ1v) is 15.7. The highest BCUT2D eigenvalue weighted by Gasteiger charge is 2.25. The summed E-state index contributed by atoms with van der Waals surface area (Å²) in [7, 11) is 0. The minimum Gasteiger partial charge on any atom is -0.610 e. The largest absolute Gasteiger partial charge is 0.610 e. The molecule has 0 spiro atoms. The maximum Gasteiger partial charge on any atom is 0.178 e. The number of hydrogen-bond acceptors (Lipinski definition) is 5. The SMILES string of the molecule is N#Cc1cccc(C2NC(c3ccc4oc5c(ccc6c7ccccc7oc65)c4c3)[N-]C(n3c4ccccc4c4ccccc43)N2)c1. The highest BCUT2D eigenvalue weighted by Crippen LogP contribution is 2.42. The second-order valence-electron chi connectivity index (χ2n) is 12.1. The van der Waals surface area contributed by atoms with E-state index in [4.69, 9.17) is 14.2 Å². The van der Waals surface area contributed by atoms with Crippen LogP contribution in [0.5, 0.6) is 0 Å². The monoisotopic (exact) mass is 608 g/mol. The topological polar surface area (TPSA) is 93.2 Å². The molecule has 0 bridgehead atoms. The lowest BCUT2D eigenvalue weighted by Crippen LogP contribution is -2.46. The Kier molecular flexibility index (Phi) is 5.63. The number of nitrogens with one attached hydrogen (secondary N) is 2. The number of nitrogens with zero attached hydrogens (tertiary/aromatic N) is 3. The fourth-order valence-corrected chi connectivity index (χ4v) is 7.31. The van der Waals surface area contributed by atoms with Crippen LogP contribution < -0.4 is 10.6 Å². The van der Waals surface area contributed by atoms with Gasteiger partial charge >= 0.3 is 0 Å². The summed E-state index contributed by atoms with van der Waals surface area (Å²) in [5.41, 5.74) is 7.94. The Balaban J connectivity index is 1.13. The average Bonchev–Trinajstić information content (AvgIpc) is 3.81. The van der Waals surface area contributed by atoms with Gasteiger partial charge in [-0.05, 0) is 66.5 Å². The third kappa shape index (κ3) is 3.97. The van der Waals surface area contributed by atoms with Crippen molar-refractivity contribution >= 4 is 65.7 Å². The van der Waals surface area contributed by atoms with Crippen LogP contribution in [-0.4, -0.2) is 4.57 Å². The van der Waals surface area contributed by atoms with Gasteiger partial charge in [0, 0.05) is 43.4 Å². The predicted molar refractivity (Wildman–Crippen MR) is 186 cm³/mol. The number of rotatable bonds is 3. The molecule has 3 aromatic heterocycles. The lowest BCUT2D eigenvalue weighted by molar-refractivity contribution is 0.275. The Labute approximate surface area is 268 Å². The zero-order valence-electron chi connectivity index (χ0n) is 25.0. The van der Waals surface area contributed by atoms with Gasteiger partial charge in [0.05, 0.1) is 17.8 Å². The van der Waals surface area contributed by atoms with Crippen LogP contribution in [0.1, 0.15) is 35.3 Å². The molecule has 0 radical (unpaired) electrons. The Morgan fingerprint density at radius 1 is 0.574 bits per heavy atom. The molecule has 3 atom stereocenters. The third-order valence-electron chi connectivity index (χ3n) is 9.46. The summed E-state index contributed by atoms with van der Waals surface area (Å²) in [5.74, 6) is 0. The summed E-state index contributed by atoms with van der Waals surface area (Å²) in [4.78, 5) is 0. The van der Waals surface area contributed by atoms with Gasteiger partial charge < -0.3 is 24.0 Å². The van der Waals surface area contributed by atoms with Gasteiger partial charge in [0.25, 0.3) is 0 Å². The van der Waals surface area contributed by atoms with E-state index < -0.39 is 6.29 Å². The number of nitriles is 1. The summed E-state index contributed by atoms with van der Waals surface area (Å²) < 4.78 is 15.0. The molecule has 9 aromatic rings. The van der Waals surface area contributed by atoms with Crippen molar-refractivity contribution in [2.75, 3.05) is 0 Å². The normalized spacial score (nSPS) is 18.6. The zero-order chi connectivity index (χ0) is 31.1. The van der Waals surface area contributed by atoms with Gasteiger partial charge in [-0.3, -0.25) is 5.32 Å². The van der Waals surface area contributed by atoms with Crippen LogP contribution in [0.15, 0.2) is 136 Å². The van der Waals surface area contributed by atoms with Crippen LogP contribution in [0.4, 0.5) is 0 Å². The van der Waals surface area contributed by atoms with Gasteiger partial charge in [0.15, 0.2) is 11.2 Å². The lowest BCUT2D eigenvalue weighted by Gasteiger charge is -2.51. The number of para-hydroxylation sites is 3. The van der Waals surface area contributed by atoms with Crippen LogP contribution in [-0.2, 0) is 0 Å². The first kappa shape index (κ1) is 26.3. The Morgan fingerprint density at radius 3 is 1.98 bits per heavy atom. The highest BCUT2D eigenvalue weighted by molar-refractivity contribution is 6.18. The lowest BCUT2D eigenvalue weighted by atomic mass is 10.0. The molecule has 224 valence electrons. The van der Waals surface area contributed by atoms with E-state index in [1.54, 1.807) is 0 Å². The van der Waals surface area contributed by atoms with Crippen molar-refractivity contribution in [3.63, 3.8) is 0 Å². The molecular weight excluding hydrogens is 582 g/mol. The maximum atomic E-state index is 9.67. The molecule has 1 aliphatic heterocycles. The van der Waals surface area contributed by atoms with Crippen molar-refractivity contribution in [3.05, 3.63) is 149 Å². The molecule has 0 saturated carbocycles. The Hall–Kier alpha value is -5.91. The molecule has 10 rings (SSSR count). The molecule has 2 N–H and O–H groups in total. The van der Waals surface area contributed by atoms with E-state index in [-0.39, 0.29) is 12.3 Å². The van der Waals surface area contributed by atoms with Crippen molar-refractivity contribution in [2.24, 2.45) is 0 Å². The van der Waals surface area contributed by atoms with Crippen molar-refractivity contribution in [1.82, 2.24) is 15.2 Å². The summed E-state index contributed by atoms with van der Waals surface area (Å²) in [5, 5.41) is 29.0. The Bertz CT molecular complexity index is 2670. The van der Waals surface area contributed by atoms with Gasteiger partial charge in [-0.15, -0.1) is 0 Å². The van der Waals surface area contributed by atoms with Crippen molar-refractivity contribution in [2.45, 2.75) is 18.6 Å². The van der Waals surface area contributed by atoms with Crippen molar-refractivity contribution in [1.29, 1.82) is 5.26 Å². The fraction of sp³-hybridized carbons (Fsp3) is 0.0750. The first-order valence-electron chi connectivity index (χ1n) is 15.7. The van der Waals surface area contributed by atoms with Crippen LogP contribution in [0.25, 0.3) is 71.0 Å². The molecule has 4 heterocycles. The standard InChI is InChI=1S/C40H26N5O2/c41-22-23-8-7-9-24(20-23)38-42-39(44-40(43-38)45-32-13-4-1-10-26(32)27-11-2-5-14-33(27)45)25-16-19-35-31(21-25)30-18-17-29-28-12-3-6-15-34(28)46-36(29)37(30)47-35/h1-21,38-40,42-43H/q-1. The van der Waals surface area contributed by atoms with E-state index in [0.717, 1.165) is 66.0 Å². The van der Waals surface area contributed by atoms with E-state index in [2.05, 4.69) is 100 Å². The van der Waals surface area contributed by atoms with E-state index >= 15 is 0 Å². The Morgan fingerprint density at radius 2 is 1.23 bits per heavy atom. The molecule has 7 heteroatoms. The number of furan rings is 2. The minimum absolute atomic E-state index is 0.275. The van der Waals surface area contributed by atoms with Gasteiger partial charge in [0.1, 0.15) is 11.2 Å². The molecule has 1 saturated heterocycles. The van der Waals surface area contributed by atoms with Crippen LogP contribution in [0, 0.1) is 11.3 Å². The molecule has 7 nitrogen and oxygen atoms in total. The minimum atomic E-state index is -0.395. The van der Waals surface area contributed by atoms with Gasteiger partial charge in [0.2, 0.25) is 0 Å². The molecule has 47 heavy (non-hydrogen) atoms. The molecular formula is C40H26N5O2-. The predicted octanol–water partition coefficient (Wildman–Crippen LogP) is 9.89. The molecule has 0 aliphatic carbocycles. The number of fused-ring (bicyclic) bond motifs is 10. The highest BCUT2D eigenvalue weighted by atomic mass is 16.4. The van der Waals surface area contributed by atoms with E-state index in [9.17, 15) is 5.26 Å². The van der Waals surface area contributed by atoms with Crippen LogP contribution >= 0.6 is 0 Å². The van der Waals surface area contributed by atoms with Gasteiger partial charge in [-0.25, -0.2) is 0 Å². The summed E-state index contributed by atoms with van der Waals surface area (Å²) >= 11 is 0. The molecule has 1 aliphatic rings. The average molecular weight is 609 g/mol. The summed E-state index contributed by atoms with van der Waals surface area (Å²) in [6.07, 6.45) is -1.03.